The minimum atomic E-state index is -0.982. The molecule has 0 aliphatic carbocycles. The lowest BCUT2D eigenvalue weighted by molar-refractivity contribution is 0.680. The Bertz CT molecular complexity index is 627. The van der Waals surface area contributed by atoms with E-state index in [0.717, 1.165) is 17.4 Å². The zero-order valence-corrected chi connectivity index (χ0v) is 15.1. The number of thiophene rings is 1. The molecule has 1 heterocycles. The Morgan fingerprint density at radius 3 is 2.65 bits per heavy atom. The molecule has 23 heavy (non-hydrogen) atoms. The smallest absolute Gasteiger partial charge is 0.191 e. The van der Waals surface area contributed by atoms with Gasteiger partial charge in [-0.15, -0.1) is 11.3 Å². The summed E-state index contributed by atoms with van der Waals surface area (Å²) < 4.78 is 12.1. The highest BCUT2D eigenvalue weighted by Crippen LogP contribution is 2.19. The van der Waals surface area contributed by atoms with Crippen molar-refractivity contribution in [1.29, 1.82) is 0 Å². The number of rotatable bonds is 7. The lowest BCUT2D eigenvalue weighted by Crippen LogP contribution is -2.40. The van der Waals surface area contributed by atoms with Gasteiger partial charge in [0.2, 0.25) is 0 Å². The summed E-state index contributed by atoms with van der Waals surface area (Å²) in [6, 6.07) is 13.8. The van der Waals surface area contributed by atoms with Crippen molar-refractivity contribution in [1.82, 2.24) is 10.6 Å². The van der Waals surface area contributed by atoms with Crippen LogP contribution in [0.25, 0.3) is 0 Å². The maximum atomic E-state index is 12.1. The van der Waals surface area contributed by atoms with Crippen LogP contribution in [0.4, 0.5) is 0 Å². The van der Waals surface area contributed by atoms with Crippen molar-refractivity contribution < 1.29 is 4.21 Å². The topological polar surface area (TPSA) is 53.5 Å². The quantitative estimate of drug-likeness (QED) is 0.597. The highest BCUT2D eigenvalue weighted by molar-refractivity contribution is 7.85. The number of nitrogens with zero attached hydrogens (tertiary/aromatic N) is 1. The second kappa shape index (κ2) is 9.47. The molecule has 2 atom stereocenters. The number of benzene rings is 1. The summed E-state index contributed by atoms with van der Waals surface area (Å²) >= 11 is 1.77. The summed E-state index contributed by atoms with van der Waals surface area (Å²) in [5, 5.41) is 8.63. The minimum absolute atomic E-state index is 0.437. The molecule has 0 spiro atoms. The van der Waals surface area contributed by atoms with Crippen molar-refractivity contribution in [2.45, 2.75) is 17.7 Å². The molecule has 4 nitrogen and oxygen atoms in total. The molecule has 1 aromatic carbocycles. The predicted octanol–water partition coefficient (Wildman–Crippen LogP) is 2.82. The lowest BCUT2D eigenvalue weighted by atomic mass is 10.1. The third kappa shape index (κ3) is 5.80. The number of hydrogen-bond donors (Lipinski definition) is 2. The molecule has 6 heteroatoms. The third-order valence-electron chi connectivity index (χ3n) is 3.41. The van der Waals surface area contributed by atoms with Gasteiger partial charge in [-0.25, -0.2) is 0 Å². The van der Waals surface area contributed by atoms with Gasteiger partial charge in [0.25, 0.3) is 0 Å². The van der Waals surface area contributed by atoms with Crippen LogP contribution in [0.15, 0.2) is 57.7 Å². The molecular formula is C17H23N3OS2. The molecule has 0 bridgehead atoms. The van der Waals surface area contributed by atoms with Gasteiger partial charge in [-0.1, -0.05) is 31.2 Å². The molecule has 0 aliphatic heterocycles. The van der Waals surface area contributed by atoms with Crippen LogP contribution in [0.3, 0.4) is 0 Å². The normalized spacial score (nSPS) is 14.3. The van der Waals surface area contributed by atoms with Crippen LogP contribution in [-0.4, -0.2) is 36.1 Å². The van der Waals surface area contributed by atoms with Gasteiger partial charge in [-0.05, 0) is 23.6 Å². The Morgan fingerprint density at radius 1 is 1.22 bits per heavy atom. The lowest BCUT2D eigenvalue weighted by Gasteiger charge is -2.15. The Hall–Kier alpha value is -1.66. The number of guanidine groups is 1. The fourth-order valence-electron chi connectivity index (χ4n) is 2.09. The van der Waals surface area contributed by atoms with Crippen molar-refractivity contribution in [2.24, 2.45) is 4.99 Å². The summed E-state index contributed by atoms with van der Waals surface area (Å²) in [5.74, 6) is 1.75. The van der Waals surface area contributed by atoms with Crippen LogP contribution in [-0.2, 0) is 10.8 Å². The van der Waals surface area contributed by atoms with E-state index in [4.69, 9.17) is 0 Å². The Kier molecular flexibility index (Phi) is 7.29. The van der Waals surface area contributed by atoms with E-state index in [1.54, 1.807) is 18.4 Å². The standard InChI is InChI=1S/C17H23N3OS2/c1-14(16-9-6-11-22-16)13-20-17(18-2)19-10-12-23(21)15-7-4-3-5-8-15/h3-9,11,14H,10,12-13H2,1-2H3,(H2,18,19,20). The van der Waals surface area contributed by atoms with E-state index in [1.165, 1.54) is 4.88 Å². The minimum Gasteiger partial charge on any atom is -0.356 e. The maximum absolute atomic E-state index is 12.1. The van der Waals surface area contributed by atoms with Crippen LogP contribution in [0.1, 0.15) is 17.7 Å². The second-order valence-electron chi connectivity index (χ2n) is 5.16. The van der Waals surface area contributed by atoms with Crippen LogP contribution >= 0.6 is 11.3 Å². The molecule has 124 valence electrons. The summed E-state index contributed by atoms with van der Waals surface area (Å²) in [7, 11) is 0.767. The van der Waals surface area contributed by atoms with Crippen LogP contribution in [0.2, 0.25) is 0 Å². The average Bonchev–Trinajstić information content (AvgIpc) is 3.13. The van der Waals surface area contributed by atoms with Gasteiger partial charge in [0.1, 0.15) is 0 Å². The van der Waals surface area contributed by atoms with E-state index < -0.39 is 10.8 Å². The van der Waals surface area contributed by atoms with Gasteiger partial charge in [-0.2, -0.15) is 0 Å². The zero-order valence-electron chi connectivity index (χ0n) is 13.5. The number of nitrogens with one attached hydrogen (secondary N) is 2. The van der Waals surface area contributed by atoms with E-state index in [9.17, 15) is 4.21 Å². The first-order valence-electron chi connectivity index (χ1n) is 7.62. The Balaban J connectivity index is 1.72. The van der Waals surface area contributed by atoms with E-state index in [-0.39, 0.29) is 0 Å². The van der Waals surface area contributed by atoms with Crippen molar-refractivity contribution >= 4 is 28.1 Å². The van der Waals surface area contributed by atoms with Crippen molar-refractivity contribution in [3.63, 3.8) is 0 Å². The van der Waals surface area contributed by atoms with E-state index >= 15 is 0 Å². The fourth-order valence-corrected chi connectivity index (χ4v) is 3.87. The summed E-state index contributed by atoms with van der Waals surface area (Å²) in [4.78, 5) is 6.43. The molecule has 0 saturated carbocycles. The summed E-state index contributed by atoms with van der Waals surface area (Å²) in [5.41, 5.74) is 0. The van der Waals surface area contributed by atoms with Crippen molar-refractivity contribution in [3.8, 4) is 0 Å². The van der Waals surface area contributed by atoms with Gasteiger partial charge in [-0.3, -0.25) is 9.20 Å². The Morgan fingerprint density at radius 2 is 2.00 bits per heavy atom. The molecule has 0 aliphatic rings. The first kappa shape index (κ1) is 17.7. The van der Waals surface area contributed by atoms with Gasteiger partial charge < -0.3 is 10.6 Å². The number of aliphatic imine (C=N–C) groups is 1. The van der Waals surface area contributed by atoms with Crippen LogP contribution in [0, 0.1) is 0 Å². The van der Waals surface area contributed by atoms with Gasteiger partial charge in [0.05, 0.1) is 10.8 Å². The zero-order chi connectivity index (χ0) is 16.5. The van der Waals surface area contributed by atoms with E-state index in [0.29, 0.717) is 18.2 Å². The van der Waals surface area contributed by atoms with Gasteiger partial charge >= 0.3 is 0 Å². The second-order valence-corrected chi connectivity index (χ2v) is 7.71. The van der Waals surface area contributed by atoms with Crippen LogP contribution < -0.4 is 10.6 Å². The molecule has 2 rings (SSSR count). The molecule has 2 N–H and O–H groups in total. The van der Waals surface area contributed by atoms with Gasteiger partial charge in [0, 0.05) is 41.6 Å². The molecular weight excluding hydrogens is 326 g/mol. The van der Waals surface area contributed by atoms with Crippen molar-refractivity contribution in [2.75, 3.05) is 25.9 Å². The highest BCUT2D eigenvalue weighted by atomic mass is 32.2. The van der Waals surface area contributed by atoms with E-state index in [1.807, 2.05) is 30.3 Å². The van der Waals surface area contributed by atoms with E-state index in [2.05, 4.69) is 40.1 Å². The predicted molar refractivity (Wildman–Crippen MR) is 99.8 cm³/mol. The fraction of sp³-hybridized carbons (Fsp3) is 0.353. The third-order valence-corrected chi connectivity index (χ3v) is 5.89. The van der Waals surface area contributed by atoms with Crippen LogP contribution in [0.5, 0.6) is 0 Å². The SMILES string of the molecule is CN=C(NCCS(=O)c1ccccc1)NCC(C)c1cccs1. The maximum Gasteiger partial charge on any atom is 0.191 e. The highest BCUT2D eigenvalue weighted by Gasteiger charge is 2.08. The van der Waals surface area contributed by atoms with Crippen molar-refractivity contribution in [3.05, 3.63) is 52.7 Å². The monoisotopic (exact) mass is 349 g/mol. The Labute approximate surface area is 144 Å². The molecule has 2 aromatic rings. The number of hydrogen-bond acceptors (Lipinski definition) is 3. The molecule has 0 radical (unpaired) electrons. The van der Waals surface area contributed by atoms with Gasteiger partial charge in [0.15, 0.2) is 5.96 Å². The molecule has 0 fully saturated rings. The molecule has 2 unspecified atom stereocenters. The summed E-state index contributed by atoms with van der Waals surface area (Å²) in [6.07, 6.45) is 0. The first-order chi connectivity index (χ1) is 11.2. The molecule has 0 saturated heterocycles. The average molecular weight is 350 g/mol. The summed E-state index contributed by atoms with van der Waals surface area (Å²) in [6.45, 7) is 3.63. The molecule has 0 amide bonds. The molecule has 1 aromatic heterocycles. The first-order valence-corrected chi connectivity index (χ1v) is 9.82. The largest absolute Gasteiger partial charge is 0.356 e.